The molecule has 0 N–H and O–H groups in total. The molecule has 40 heavy (non-hydrogen) atoms. The van der Waals surface area contributed by atoms with Crippen LogP contribution in [0.4, 0.5) is 0 Å². The Labute approximate surface area is 249 Å². The molecule has 2 atom stereocenters. The Hall–Kier alpha value is -2.59. The fourth-order valence-corrected chi connectivity index (χ4v) is 7.01. The summed E-state index contributed by atoms with van der Waals surface area (Å²) in [7, 11) is 1.97. The van der Waals surface area contributed by atoms with E-state index in [0.29, 0.717) is 10.0 Å². The first-order valence-corrected chi connectivity index (χ1v) is 15.5. The van der Waals surface area contributed by atoms with Crippen LogP contribution in [-0.4, -0.2) is 48.4 Å². The average molecular weight is 576 g/mol. The molecule has 1 spiro atoms. The zero-order chi connectivity index (χ0) is 28.1. The zero-order valence-electron chi connectivity index (χ0n) is 23.7. The van der Waals surface area contributed by atoms with Crippen LogP contribution in [0.25, 0.3) is 6.08 Å². The Morgan fingerprint density at radius 2 is 1.68 bits per heavy atom. The molecule has 5 rings (SSSR count). The van der Waals surface area contributed by atoms with Gasteiger partial charge in [0.1, 0.15) is 0 Å². The highest BCUT2D eigenvalue weighted by Gasteiger charge is 2.38. The molecule has 1 unspecified atom stereocenters. The molecule has 1 fully saturated rings. The van der Waals surface area contributed by atoms with E-state index in [2.05, 4.69) is 54.3 Å². The standard InChI is InChI=1S/C35H40Cl2N2O/c1-3-4-14-33(38(2)34(40)27-11-6-5-7-12-27)29(28-15-16-31(36)32(37)25-28)18-22-39-23-20-35(21-24-39)19-17-26-10-8-9-13-30(26)35/h5-13,15-17,19,25,29,33H,3-4,14,18,20-24H2,1-2H3/t29-,33?/m0/s1. The van der Waals surface area contributed by atoms with Gasteiger partial charge in [-0.1, -0.05) is 104 Å². The van der Waals surface area contributed by atoms with Gasteiger partial charge in [-0.05, 0) is 86.3 Å². The molecule has 1 aliphatic heterocycles. The second-order valence-electron chi connectivity index (χ2n) is 11.5. The molecular weight excluding hydrogens is 535 g/mol. The highest BCUT2D eigenvalue weighted by Crippen LogP contribution is 2.44. The number of halogens is 2. The van der Waals surface area contributed by atoms with Gasteiger partial charge in [0, 0.05) is 30.0 Å². The Bertz CT molecular complexity index is 1330. The third kappa shape index (κ3) is 6.17. The number of rotatable bonds is 10. The summed E-state index contributed by atoms with van der Waals surface area (Å²) in [6, 6.07) is 24.5. The van der Waals surface area contributed by atoms with E-state index in [1.54, 1.807) is 0 Å². The molecule has 1 aliphatic carbocycles. The lowest BCUT2D eigenvalue weighted by Crippen LogP contribution is -2.44. The minimum Gasteiger partial charge on any atom is -0.338 e. The van der Waals surface area contributed by atoms with Gasteiger partial charge in [-0.3, -0.25) is 4.79 Å². The third-order valence-corrected chi connectivity index (χ3v) is 9.85. The van der Waals surface area contributed by atoms with Crippen LogP contribution in [0.15, 0.2) is 78.9 Å². The second-order valence-corrected chi connectivity index (χ2v) is 12.3. The summed E-state index contributed by atoms with van der Waals surface area (Å²) in [5.41, 5.74) is 4.93. The number of benzene rings is 3. The zero-order valence-corrected chi connectivity index (χ0v) is 25.2. The maximum absolute atomic E-state index is 13.6. The van der Waals surface area contributed by atoms with Gasteiger partial charge in [0.15, 0.2) is 0 Å². The average Bonchev–Trinajstić information content (AvgIpc) is 3.35. The molecule has 0 bridgehead atoms. The number of amides is 1. The van der Waals surface area contributed by atoms with Crippen molar-refractivity contribution in [2.75, 3.05) is 26.7 Å². The molecule has 1 amide bonds. The van der Waals surface area contributed by atoms with Gasteiger partial charge in [-0.2, -0.15) is 0 Å². The maximum atomic E-state index is 13.6. The van der Waals surface area contributed by atoms with Crippen LogP contribution in [-0.2, 0) is 5.41 Å². The van der Waals surface area contributed by atoms with Crippen molar-refractivity contribution in [1.29, 1.82) is 0 Å². The van der Waals surface area contributed by atoms with Gasteiger partial charge < -0.3 is 9.80 Å². The monoisotopic (exact) mass is 574 g/mol. The minimum atomic E-state index is 0.0608. The van der Waals surface area contributed by atoms with Crippen molar-refractivity contribution < 1.29 is 4.79 Å². The normalized spacial score (nSPS) is 17.5. The summed E-state index contributed by atoms with van der Waals surface area (Å²) in [5.74, 6) is 0.223. The molecule has 2 aliphatic rings. The number of allylic oxidation sites excluding steroid dienone is 1. The van der Waals surface area contributed by atoms with Gasteiger partial charge in [0.2, 0.25) is 0 Å². The van der Waals surface area contributed by atoms with Gasteiger partial charge in [-0.15, -0.1) is 0 Å². The molecule has 0 aromatic heterocycles. The number of likely N-dealkylation sites (N-methyl/N-ethyl adjacent to an activating group) is 1. The fraction of sp³-hybridized carbons (Fsp3) is 0.400. The number of piperidine rings is 1. The number of unbranched alkanes of at least 4 members (excludes halogenated alkanes) is 1. The Balaban J connectivity index is 1.35. The van der Waals surface area contributed by atoms with Crippen LogP contribution in [0.2, 0.25) is 10.0 Å². The lowest BCUT2D eigenvalue weighted by molar-refractivity contribution is 0.0682. The number of fused-ring (bicyclic) bond motifs is 2. The van der Waals surface area contributed by atoms with Crippen molar-refractivity contribution in [1.82, 2.24) is 9.80 Å². The predicted molar refractivity (Wildman–Crippen MR) is 168 cm³/mol. The lowest BCUT2D eigenvalue weighted by Gasteiger charge is -2.41. The van der Waals surface area contributed by atoms with Crippen LogP contribution >= 0.6 is 23.2 Å². The van der Waals surface area contributed by atoms with Crippen LogP contribution < -0.4 is 0 Å². The molecule has 3 aromatic rings. The molecule has 5 heteroatoms. The Kier molecular flexibility index (Phi) is 9.35. The summed E-state index contributed by atoms with van der Waals surface area (Å²) < 4.78 is 0. The first kappa shape index (κ1) is 28.9. The molecule has 3 aromatic carbocycles. The molecule has 1 saturated heterocycles. The number of hydrogen-bond donors (Lipinski definition) is 0. The van der Waals surface area contributed by atoms with Crippen LogP contribution in [0.5, 0.6) is 0 Å². The Morgan fingerprint density at radius 1 is 0.950 bits per heavy atom. The highest BCUT2D eigenvalue weighted by molar-refractivity contribution is 6.42. The third-order valence-electron chi connectivity index (χ3n) is 9.11. The van der Waals surface area contributed by atoms with Crippen LogP contribution in [0.3, 0.4) is 0 Å². The molecule has 3 nitrogen and oxygen atoms in total. The number of likely N-dealkylation sites (tertiary alicyclic amines) is 1. The summed E-state index contributed by atoms with van der Waals surface area (Å²) in [4.78, 5) is 18.2. The van der Waals surface area contributed by atoms with E-state index in [4.69, 9.17) is 23.2 Å². The van der Waals surface area contributed by atoms with E-state index >= 15 is 0 Å². The fourth-order valence-electron chi connectivity index (χ4n) is 6.71. The van der Waals surface area contributed by atoms with E-state index in [-0.39, 0.29) is 23.3 Å². The van der Waals surface area contributed by atoms with E-state index in [1.165, 1.54) is 11.1 Å². The summed E-state index contributed by atoms with van der Waals surface area (Å²) >= 11 is 12.9. The summed E-state index contributed by atoms with van der Waals surface area (Å²) in [6.45, 7) is 5.35. The van der Waals surface area contributed by atoms with Crippen molar-refractivity contribution >= 4 is 35.2 Å². The molecular formula is C35H40Cl2N2O. The molecule has 210 valence electrons. The van der Waals surface area contributed by atoms with Crippen molar-refractivity contribution in [3.8, 4) is 0 Å². The second kappa shape index (κ2) is 12.9. The smallest absolute Gasteiger partial charge is 0.253 e. The maximum Gasteiger partial charge on any atom is 0.253 e. The quantitative estimate of drug-likeness (QED) is 0.241. The molecule has 1 heterocycles. The summed E-state index contributed by atoms with van der Waals surface area (Å²) in [5, 5.41) is 1.14. The van der Waals surface area contributed by atoms with Gasteiger partial charge in [0.05, 0.1) is 10.0 Å². The molecule has 0 saturated carbocycles. The van der Waals surface area contributed by atoms with Crippen LogP contribution in [0.1, 0.15) is 78.4 Å². The summed E-state index contributed by atoms with van der Waals surface area (Å²) in [6.07, 6.45) is 11.1. The predicted octanol–water partition coefficient (Wildman–Crippen LogP) is 8.86. The Morgan fingerprint density at radius 3 is 2.40 bits per heavy atom. The first-order chi connectivity index (χ1) is 19.4. The number of nitrogens with zero attached hydrogens (tertiary/aromatic N) is 2. The van der Waals surface area contributed by atoms with Gasteiger partial charge in [-0.25, -0.2) is 0 Å². The number of carbonyl (C=O) groups is 1. The van der Waals surface area contributed by atoms with Gasteiger partial charge >= 0.3 is 0 Å². The van der Waals surface area contributed by atoms with E-state index < -0.39 is 0 Å². The highest BCUT2D eigenvalue weighted by atomic mass is 35.5. The van der Waals surface area contributed by atoms with Crippen LogP contribution in [0, 0.1) is 0 Å². The van der Waals surface area contributed by atoms with Crippen molar-refractivity contribution in [3.05, 3.63) is 111 Å². The van der Waals surface area contributed by atoms with Crippen molar-refractivity contribution in [2.24, 2.45) is 0 Å². The number of hydrogen-bond acceptors (Lipinski definition) is 2. The molecule has 0 radical (unpaired) electrons. The number of carbonyl (C=O) groups excluding carboxylic acids is 1. The minimum absolute atomic E-state index is 0.0608. The van der Waals surface area contributed by atoms with E-state index in [9.17, 15) is 4.79 Å². The SMILES string of the molecule is CCCCC([C@@H](CCN1CCC2(C=Cc3ccccc32)CC1)c1ccc(Cl)c(Cl)c1)N(C)C(=O)c1ccccc1. The van der Waals surface area contributed by atoms with E-state index in [0.717, 1.165) is 69.3 Å². The lowest BCUT2D eigenvalue weighted by atomic mass is 9.74. The van der Waals surface area contributed by atoms with Crippen molar-refractivity contribution in [2.45, 2.75) is 62.8 Å². The van der Waals surface area contributed by atoms with Gasteiger partial charge in [0.25, 0.3) is 5.91 Å². The van der Waals surface area contributed by atoms with Crippen molar-refractivity contribution in [3.63, 3.8) is 0 Å². The topological polar surface area (TPSA) is 23.6 Å². The largest absolute Gasteiger partial charge is 0.338 e. The first-order valence-electron chi connectivity index (χ1n) is 14.7. The van der Waals surface area contributed by atoms with E-state index in [1.807, 2.05) is 54.4 Å².